The molecule has 1 aromatic carbocycles. The van der Waals surface area contributed by atoms with Crippen LogP contribution in [0.5, 0.6) is 0 Å². The van der Waals surface area contributed by atoms with Crippen molar-refractivity contribution < 1.29 is 22.4 Å². The maximum Gasteiger partial charge on any atom is 0.418 e. The van der Waals surface area contributed by atoms with E-state index in [1.54, 1.807) is 24.5 Å². The first-order valence-electron chi connectivity index (χ1n) is 7.63. The van der Waals surface area contributed by atoms with Crippen LogP contribution in [0.15, 0.2) is 65.4 Å². The Balaban J connectivity index is 1.74. The number of aromatic nitrogens is 1. The molecule has 26 heavy (non-hydrogen) atoms. The smallest absolute Gasteiger partial charge is 0.418 e. The Kier molecular flexibility index (Phi) is 4.92. The van der Waals surface area contributed by atoms with E-state index in [0.29, 0.717) is 18.0 Å². The Morgan fingerprint density at radius 3 is 2.65 bits per heavy atom. The number of anilines is 2. The van der Waals surface area contributed by atoms with E-state index < -0.39 is 17.6 Å². The fraction of sp³-hybridized carbons (Fsp3) is 0.111. The van der Waals surface area contributed by atoms with Gasteiger partial charge in [0.05, 0.1) is 24.1 Å². The van der Waals surface area contributed by atoms with Crippen LogP contribution in [0.4, 0.5) is 24.5 Å². The normalized spacial score (nSPS) is 11.2. The Bertz CT molecular complexity index is 893. The number of pyridine rings is 1. The number of nitrogens with zero attached hydrogens (tertiary/aromatic N) is 1. The van der Waals surface area contributed by atoms with Crippen LogP contribution in [0.25, 0.3) is 0 Å². The molecule has 0 saturated carbocycles. The number of para-hydroxylation sites is 1. The van der Waals surface area contributed by atoms with Crippen molar-refractivity contribution in [3.63, 3.8) is 0 Å². The van der Waals surface area contributed by atoms with Crippen molar-refractivity contribution in [2.24, 2.45) is 0 Å². The van der Waals surface area contributed by atoms with Crippen molar-refractivity contribution in [1.82, 2.24) is 4.98 Å². The summed E-state index contributed by atoms with van der Waals surface area (Å²) in [6.07, 6.45) is -1.63. The Morgan fingerprint density at radius 2 is 1.92 bits per heavy atom. The Labute approximate surface area is 146 Å². The van der Waals surface area contributed by atoms with Gasteiger partial charge >= 0.3 is 6.18 Å². The second kappa shape index (κ2) is 7.30. The van der Waals surface area contributed by atoms with E-state index in [-0.39, 0.29) is 11.4 Å². The maximum atomic E-state index is 13.0. The van der Waals surface area contributed by atoms with Crippen LogP contribution >= 0.6 is 0 Å². The number of carbonyl (C=O) groups is 1. The molecule has 0 spiro atoms. The van der Waals surface area contributed by atoms with Crippen LogP contribution < -0.4 is 10.6 Å². The summed E-state index contributed by atoms with van der Waals surface area (Å²) in [6.45, 7) is 0.398. The molecule has 0 radical (unpaired) electrons. The fourth-order valence-electron chi connectivity index (χ4n) is 2.29. The molecule has 0 aliphatic carbocycles. The maximum absolute atomic E-state index is 13.0. The molecule has 0 aliphatic rings. The average molecular weight is 361 g/mol. The number of hydrogen-bond donors (Lipinski definition) is 2. The molecule has 2 heterocycles. The second-order valence-corrected chi connectivity index (χ2v) is 5.36. The minimum Gasteiger partial charge on any atom is -0.467 e. The first kappa shape index (κ1) is 17.5. The molecule has 2 N–H and O–H groups in total. The van der Waals surface area contributed by atoms with Crippen LogP contribution in [0.2, 0.25) is 0 Å². The van der Waals surface area contributed by atoms with Gasteiger partial charge in [0.1, 0.15) is 11.5 Å². The zero-order chi connectivity index (χ0) is 18.6. The Morgan fingerprint density at radius 1 is 1.12 bits per heavy atom. The zero-order valence-electron chi connectivity index (χ0n) is 13.4. The first-order chi connectivity index (χ1) is 12.4. The van der Waals surface area contributed by atoms with Gasteiger partial charge in [0.15, 0.2) is 0 Å². The van der Waals surface area contributed by atoms with Gasteiger partial charge in [0, 0.05) is 11.9 Å². The van der Waals surface area contributed by atoms with Crippen molar-refractivity contribution in [1.29, 1.82) is 0 Å². The molecule has 5 nitrogen and oxygen atoms in total. The lowest BCUT2D eigenvalue weighted by Crippen LogP contribution is -2.17. The number of furan rings is 1. The minimum absolute atomic E-state index is 0.00794. The lowest BCUT2D eigenvalue weighted by atomic mass is 10.1. The van der Waals surface area contributed by atoms with Crippen molar-refractivity contribution in [3.05, 3.63) is 78.0 Å². The standard InChI is InChI=1S/C18H14F3N3O2/c19-18(20,21)14-5-1-2-6-15(14)24-17(25)16-10-12(7-8-22-16)23-11-13-4-3-9-26-13/h1-10H,11H2,(H,22,23)(H,24,25). The highest BCUT2D eigenvalue weighted by atomic mass is 19.4. The van der Waals surface area contributed by atoms with Gasteiger partial charge in [0.2, 0.25) is 0 Å². The van der Waals surface area contributed by atoms with Crippen LogP contribution in [0, 0.1) is 0 Å². The van der Waals surface area contributed by atoms with Gasteiger partial charge in [0.25, 0.3) is 5.91 Å². The summed E-state index contributed by atoms with van der Waals surface area (Å²) in [5.41, 5.74) is -0.654. The summed E-state index contributed by atoms with van der Waals surface area (Å²) in [5, 5.41) is 5.31. The third-order valence-electron chi connectivity index (χ3n) is 3.52. The summed E-state index contributed by atoms with van der Waals surface area (Å²) < 4.78 is 44.2. The van der Waals surface area contributed by atoms with E-state index in [2.05, 4.69) is 15.6 Å². The third-order valence-corrected chi connectivity index (χ3v) is 3.52. The molecule has 0 fully saturated rings. The van der Waals surface area contributed by atoms with Crippen molar-refractivity contribution in [2.75, 3.05) is 10.6 Å². The van der Waals surface area contributed by atoms with Crippen molar-refractivity contribution in [2.45, 2.75) is 12.7 Å². The monoisotopic (exact) mass is 361 g/mol. The van der Waals surface area contributed by atoms with Crippen molar-refractivity contribution >= 4 is 17.3 Å². The van der Waals surface area contributed by atoms with Gasteiger partial charge in [-0.15, -0.1) is 0 Å². The summed E-state index contributed by atoms with van der Waals surface area (Å²) in [6, 6.07) is 11.4. The number of carbonyl (C=O) groups excluding carboxylic acids is 1. The SMILES string of the molecule is O=C(Nc1ccccc1C(F)(F)F)c1cc(NCc2ccco2)ccn1. The highest BCUT2D eigenvalue weighted by Crippen LogP contribution is 2.34. The highest BCUT2D eigenvalue weighted by molar-refractivity contribution is 6.03. The van der Waals surface area contributed by atoms with E-state index in [1.807, 2.05) is 0 Å². The van der Waals surface area contributed by atoms with E-state index in [4.69, 9.17) is 4.42 Å². The summed E-state index contributed by atoms with van der Waals surface area (Å²) >= 11 is 0. The molecule has 0 saturated heterocycles. The third kappa shape index (κ3) is 4.21. The molecule has 2 aromatic heterocycles. The van der Waals surface area contributed by atoms with Crippen LogP contribution in [0.3, 0.4) is 0 Å². The molecule has 0 unspecified atom stereocenters. The van der Waals surface area contributed by atoms with Gasteiger partial charge < -0.3 is 15.1 Å². The lowest BCUT2D eigenvalue weighted by Gasteiger charge is -2.13. The number of rotatable bonds is 5. The molecular weight excluding hydrogens is 347 g/mol. The summed E-state index contributed by atoms with van der Waals surface area (Å²) in [7, 11) is 0. The number of hydrogen-bond acceptors (Lipinski definition) is 4. The highest BCUT2D eigenvalue weighted by Gasteiger charge is 2.33. The quantitative estimate of drug-likeness (QED) is 0.699. The number of benzene rings is 1. The molecule has 134 valence electrons. The van der Waals surface area contributed by atoms with Crippen LogP contribution in [0.1, 0.15) is 21.8 Å². The predicted octanol–water partition coefficient (Wildman–Crippen LogP) is 4.56. The molecule has 8 heteroatoms. The van der Waals surface area contributed by atoms with Gasteiger partial charge in [-0.05, 0) is 36.4 Å². The topological polar surface area (TPSA) is 67.2 Å². The summed E-state index contributed by atoms with van der Waals surface area (Å²) in [5.74, 6) is -0.0322. The zero-order valence-corrected chi connectivity index (χ0v) is 13.4. The summed E-state index contributed by atoms with van der Waals surface area (Å²) in [4.78, 5) is 16.2. The fourth-order valence-corrected chi connectivity index (χ4v) is 2.29. The molecule has 3 aromatic rings. The van der Waals surface area contributed by atoms with Crippen molar-refractivity contribution in [3.8, 4) is 0 Å². The molecule has 0 bridgehead atoms. The number of nitrogens with one attached hydrogen (secondary N) is 2. The number of amides is 1. The number of alkyl halides is 3. The minimum atomic E-state index is -4.57. The van der Waals surface area contributed by atoms with Crippen LogP contribution in [-0.2, 0) is 12.7 Å². The van der Waals surface area contributed by atoms with E-state index in [9.17, 15) is 18.0 Å². The van der Waals surface area contributed by atoms with Gasteiger partial charge in [-0.1, -0.05) is 12.1 Å². The molecule has 1 amide bonds. The molecule has 0 atom stereocenters. The van der Waals surface area contributed by atoms with Gasteiger partial charge in [-0.2, -0.15) is 13.2 Å². The van der Waals surface area contributed by atoms with Gasteiger partial charge in [-0.3, -0.25) is 9.78 Å². The molecule has 0 aliphatic heterocycles. The molecular formula is C18H14F3N3O2. The largest absolute Gasteiger partial charge is 0.467 e. The van der Waals surface area contributed by atoms with Gasteiger partial charge in [-0.25, -0.2) is 0 Å². The Hall–Kier alpha value is -3.29. The average Bonchev–Trinajstić information content (AvgIpc) is 3.13. The van der Waals surface area contributed by atoms with E-state index in [0.717, 1.165) is 6.07 Å². The second-order valence-electron chi connectivity index (χ2n) is 5.36. The molecule has 3 rings (SSSR count). The lowest BCUT2D eigenvalue weighted by molar-refractivity contribution is -0.136. The first-order valence-corrected chi connectivity index (χ1v) is 7.63. The number of halogens is 3. The van der Waals surface area contributed by atoms with E-state index in [1.165, 1.54) is 30.5 Å². The van der Waals surface area contributed by atoms with E-state index >= 15 is 0 Å². The van der Waals surface area contributed by atoms with Crippen LogP contribution in [-0.4, -0.2) is 10.9 Å². The predicted molar refractivity (Wildman–Crippen MR) is 89.7 cm³/mol.